The molecule has 1 fully saturated rings. The molecule has 4 heteroatoms. The molecule has 2 aromatic rings. The second-order valence-corrected chi connectivity index (χ2v) is 6.33. The summed E-state index contributed by atoms with van der Waals surface area (Å²) in [7, 11) is 1.80. The van der Waals surface area contributed by atoms with E-state index in [0.717, 1.165) is 42.7 Å². The summed E-state index contributed by atoms with van der Waals surface area (Å²) in [4.78, 5) is 11.6. The van der Waals surface area contributed by atoms with Crippen LogP contribution in [0, 0.1) is 6.92 Å². The molecule has 1 unspecified atom stereocenters. The van der Waals surface area contributed by atoms with Gasteiger partial charge >= 0.3 is 0 Å². The van der Waals surface area contributed by atoms with Crippen molar-refractivity contribution in [1.82, 2.24) is 9.97 Å². The van der Waals surface area contributed by atoms with Gasteiger partial charge in [0.15, 0.2) is 0 Å². The molecule has 1 atom stereocenters. The van der Waals surface area contributed by atoms with Crippen LogP contribution in [0.25, 0.3) is 10.9 Å². The largest absolute Gasteiger partial charge is 0.382 e. The van der Waals surface area contributed by atoms with E-state index in [1.54, 1.807) is 13.4 Å². The number of aryl methyl sites for hydroxylation is 1. The average molecular weight is 299 g/mol. The number of anilines is 1. The monoisotopic (exact) mass is 299 g/mol. The zero-order chi connectivity index (χ0) is 15.6. The molecule has 0 N–H and O–H groups in total. The van der Waals surface area contributed by atoms with Crippen molar-refractivity contribution in [1.29, 1.82) is 0 Å². The Bertz CT molecular complexity index is 650. The maximum absolute atomic E-state index is 5.58. The third-order valence-electron chi connectivity index (χ3n) is 4.83. The summed E-state index contributed by atoms with van der Waals surface area (Å²) in [5.41, 5.74) is 2.34. The number of ether oxygens (including phenoxy) is 1. The van der Waals surface area contributed by atoms with Gasteiger partial charge in [0.1, 0.15) is 12.1 Å². The van der Waals surface area contributed by atoms with Crippen molar-refractivity contribution in [3.63, 3.8) is 0 Å². The molecule has 0 bridgehead atoms. The van der Waals surface area contributed by atoms with Crippen LogP contribution in [-0.4, -0.2) is 35.8 Å². The van der Waals surface area contributed by atoms with Crippen LogP contribution in [0.5, 0.6) is 0 Å². The van der Waals surface area contributed by atoms with E-state index in [1.807, 2.05) is 0 Å². The average Bonchev–Trinajstić information content (AvgIpc) is 2.91. The highest BCUT2D eigenvalue weighted by atomic mass is 16.5. The van der Waals surface area contributed by atoms with Gasteiger partial charge in [-0.3, -0.25) is 0 Å². The summed E-state index contributed by atoms with van der Waals surface area (Å²) in [6.45, 7) is 6.16. The van der Waals surface area contributed by atoms with E-state index in [2.05, 4.69) is 46.9 Å². The predicted octanol–water partition coefficient (Wildman–Crippen LogP) is 3.72. The summed E-state index contributed by atoms with van der Waals surface area (Å²) >= 11 is 0. The Kier molecular flexibility index (Phi) is 4.30. The highest BCUT2D eigenvalue weighted by Crippen LogP contribution is 2.39. The van der Waals surface area contributed by atoms with E-state index in [1.165, 1.54) is 18.4 Å². The zero-order valence-corrected chi connectivity index (χ0v) is 13.8. The lowest BCUT2D eigenvalue weighted by Gasteiger charge is -2.39. The van der Waals surface area contributed by atoms with Gasteiger partial charge in [-0.25, -0.2) is 9.97 Å². The smallest absolute Gasteiger partial charge is 0.140 e. The minimum absolute atomic E-state index is 0.0779. The highest BCUT2D eigenvalue weighted by molar-refractivity contribution is 5.91. The Morgan fingerprint density at radius 1 is 1.32 bits per heavy atom. The van der Waals surface area contributed by atoms with Crippen LogP contribution in [0.3, 0.4) is 0 Å². The molecule has 1 aromatic carbocycles. The molecule has 1 aliphatic rings. The summed E-state index contributed by atoms with van der Waals surface area (Å²) in [5, 5.41) is 1.15. The van der Waals surface area contributed by atoms with Gasteiger partial charge in [0.05, 0.1) is 17.7 Å². The summed E-state index contributed by atoms with van der Waals surface area (Å²) in [5.74, 6) is 1.07. The number of nitrogens with zero attached hydrogens (tertiary/aromatic N) is 3. The minimum atomic E-state index is 0.0779. The van der Waals surface area contributed by atoms with E-state index in [0.29, 0.717) is 0 Å². The maximum Gasteiger partial charge on any atom is 0.140 e. The number of hydrogen-bond donors (Lipinski definition) is 0. The fourth-order valence-corrected chi connectivity index (χ4v) is 3.92. The third kappa shape index (κ3) is 2.45. The third-order valence-corrected chi connectivity index (χ3v) is 4.83. The standard InChI is InChI=1S/C18H25N3O/c1-4-9-18(12-22-3)10-6-11-21(18)17-15-8-5-7-14(2)16(15)19-13-20-17/h5,7-8,13H,4,6,9-12H2,1-3H3. The molecule has 4 nitrogen and oxygen atoms in total. The fourth-order valence-electron chi connectivity index (χ4n) is 3.92. The van der Waals surface area contributed by atoms with Gasteiger partial charge < -0.3 is 9.64 Å². The van der Waals surface area contributed by atoms with Gasteiger partial charge in [-0.15, -0.1) is 0 Å². The van der Waals surface area contributed by atoms with Gasteiger partial charge in [-0.1, -0.05) is 25.5 Å². The number of rotatable bonds is 5. The van der Waals surface area contributed by atoms with Crippen LogP contribution in [0.1, 0.15) is 38.2 Å². The molecule has 2 heterocycles. The normalized spacial score (nSPS) is 21.7. The molecule has 0 amide bonds. The Labute approximate surface area is 132 Å². The predicted molar refractivity (Wildman–Crippen MR) is 90.4 cm³/mol. The van der Waals surface area contributed by atoms with Crippen LogP contribution in [-0.2, 0) is 4.74 Å². The van der Waals surface area contributed by atoms with Crippen molar-refractivity contribution in [3.8, 4) is 0 Å². The lowest BCUT2D eigenvalue weighted by Crippen LogP contribution is -2.48. The Balaban J connectivity index is 2.11. The van der Waals surface area contributed by atoms with Crippen molar-refractivity contribution in [2.45, 2.75) is 45.1 Å². The van der Waals surface area contributed by atoms with E-state index in [4.69, 9.17) is 4.74 Å². The Hall–Kier alpha value is -1.68. The molecular weight excluding hydrogens is 274 g/mol. The van der Waals surface area contributed by atoms with Crippen molar-refractivity contribution in [2.24, 2.45) is 0 Å². The van der Waals surface area contributed by atoms with Gasteiger partial charge in [-0.2, -0.15) is 0 Å². The Morgan fingerprint density at radius 3 is 2.95 bits per heavy atom. The molecular formula is C18H25N3O. The number of fused-ring (bicyclic) bond motifs is 1. The van der Waals surface area contributed by atoms with E-state index < -0.39 is 0 Å². The quantitative estimate of drug-likeness (QED) is 0.843. The van der Waals surface area contributed by atoms with E-state index in [-0.39, 0.29) is 5.54 Å². The summed E-state index contributed by atoms with van der Waals surface area (Å²) < 4.78 is 5.58. The maximum atomic E-state index is 5.58. The summed E-state index contributed by atoms with van der Waals surface area (Å²) in [6, 6.07) is 6.34. The van der Waals surface area contributed by atoms with E-state index >= 15 is 0 Å². The summed E-state index contributed by atoms with van der Waals surface area (Å²) in [6.07, 6.45) is 6.36. The van der Waals surface area contributed by atoms with Gasteiger partial charge in [0.2, 0.25) is 0 Å². The first-order chi connectivity index (χ1) is 10.7. The molecule has 0 aliphatic carbocycles. The topological polar surface area (TPSA) is 38.2 Å². The molecule has 1 saturated heterocycles. The lowest BCUT2D eigenvalue weighted by molar-refractivity contribution is 0.127. The van der Waals surface area contributed by atoms with Crippen LogP contribution >= 0.6 is 0 Å². The van der Waals surface area contributed by atoms with Crippen molar-refractivity contribution in [2.75, 3.05) is 25.2 Å². The molecule has 3 rings (SSSR count). The SMILES string of the molecule is CCCC1(COC)CCCN1c1ncnc2c(C)cccc12. The molecule has 22 heavy (non-hydrogen) atoms. The first kappa shape index (κ1) is 15.2. The molecule has 118 valence electrons. The van der Waals surface area contributed by atoms with Crippen molar-refractivity contribution >= 4 is 16.7 Å². The number of aromatic nitrogens is 2. The number of para-hydroxylation sites is 1. The molecule has 0 radical (unpaired) electrons. The van der Waals surface area contributed by atoms with E-state index in [9.17, 15) is 0 Å². The Morgan fingerprint density at radius 2 is 2.18 bits per heavy atom. The fraction of sp³-hybridized carbons (Fsp3) is 0.556. The molecule has 1 aromatic heterocycles. The first-order valence-electron chi connectivity index (χ1n) is 8.19. The van der Waals surface area contributed by atoms with Crippen LogP contribution in [0.2, 0.25) is 0 Å². The lowest BCUT2D eigenvalue weighted by atomic mass is 9.91. The second kappa shape index (κ2) is 6.21. The molecule has 1 aliphatic heterocycles. The van der Waals surface area contributed by atoms with Gasteiger partial charge in [0.25, 0.3) is 0 Å². The van der Waals surface area contributed by atoms with Crippen molar-refractivity contribution < 1.29 is 4.74 Å². The minimum Gasteiger partial charge on any atom is -0.382 e. The highest BCUT2D eigenvalue weighted by Gasteiger charge is 2.41. The number of methoxy groups -OCH3 is 1. The van der Waals surface area contributed by atoms with Crippen LogP contribution in [0.4, 0.5) is 5.82 Å². The van der Waals surface area contributed by atoms with Crippen LogP contribution < -0.4 is 4.90 Å². The van der Waals surface area contributed by atoms with Crippen LogP contribution in [0.15, 0.2) is 24.5 Å². The number of hydrogen-bond acceptors (Lipinski definition) is 4. The van der Waals surface area contributed by atoms with Crippen molar-refractivity contribution in [3.05, 3.63) is 30.1 Å². The second-order valence-electron chi connectivity index (χ2n) is 6.33. The number of benzene rings is 1. The van der Waals surface area contributed by atoms with Gasteiger partial charge in [-0.05, 0) is 37.8 Å². The van der Waals surface area contributed by atoms with Gasteiger partial charge in [0, 0.05) is 19.0 Å². The first-order valence-corrected chi connectivity index (χ1v) is 8.19. The zero-order valence-electron chi connectivity index (χ0n) is 13.8. The molecule has 0 spiro atoms. The molecule has 0 saturated carbocycles.